The third kappa shape index (κ3) is 4.32. The number of phenols is 1. The largest absolute Gasteiger partial charge is 0.508 e. The Labute approximate surface area is 197 Å². The highest BCUT2D eigenvalue weighted by Gasteiger charge is 2.47. The minimum atomic E-state index is -0.944. The van der Waals surface area contributed by atoms with Crippen LogP contribution >= 0.6 is 0 Å². The zero-order valence-electron chi connectivity index (χ0n) is 18.9. The van der Waals surface area contributed by atoms with E-state index < -0.39 is 17.7 Å². The number of ketones is 1. The Kier molecular flexibility index (Phi) is 6.54. The van der Waals surface area contributed by atoms with Crippen LogP contribution in [0, 0.1) is 0 Å². The lowest BCUT2D eigenvalue weighted by Gasteiger charge is -2.25. The summed E-state index contributed by atoms with van der Waals surface area (Å²) in [7, 11) is 1.53. The van der Waals surface area contributed by atoms with Gasteiger partial charge in [0.1, 0.15) is 23.0 Å². The SMILES string of the molecule is CCCOc1cccc(/C(O)=C2/C(=O)C(=O)N(c3ccc(OC)cc3)C2c2cccc(O)c2)c1. The summed E-state index contributed by atoms with van der Waals surface area (Å²) in [6, 6.07) is 18.8. The average Bonchev–Trinajstić information content (AvgIpc) is 3.13. The summed E-state index contributed by atoms with van der Waals surface area (Å²) in [5.41, 5.74) is 1.22. The molecule has 3 aromatic rings. The minimum Gasteiger partial charge on any atom is -0.508 e. The smallest absolute Gasteiger partial charge is 0.300 e. The van der Waals surface area contributed by atoms with Gasteiger partial charge in [0.05, 0.1) is 25.3 Å². The van der Waals surface area contributed by atoms with E-state index in [1.165, 1.54) is 24.1 Å². The van der Waals surface area contributed by atoms with E-state index in [4.69, 9.17) is 9.47 Å². The van der Waals surface area contributed by atoms with Crippen LogP contribution in [0.1, 0.15) is 30.5 Å². The maximum atomic E-state index is 13.2. The van der Waals surface area contributed by atoms with Crippen molar-refractivity contribution in [2.45, 2.75) is 19.4 Å². The van der Waals surface area contributed by atoms with Crippen LogP contribution in [-0.4, -0.2) is 35.6 Å². The van der Waals surface area contributed by atoms with Crippen molar-refractivity contribution in [3.63, 3.8) is 0 Å². The van der Waals surface area contributed by atoms with Gasteiger partial charge < -0.3 is 19.7 Å². The number of nitrogens with zero attached hydrogens (tertiary/aromatic N) is 1. The maximum absolute atomic E-state index is 13.2. The number of carbonyl (C=O) groups is 2. The lowest BCUT2D eigenvalue weighted by atomic mass is 9.95. The fourth-order valence-corrected chi connectivity index (χ4v) is 3.96. The number of hydrogen-bond donors (Lipinski definition) is 2. The van der Waals surface area contributed by atoms with Crippen molar-refractivity contribution in [2.24, 2.45) is 0 Å². The van der Waals surface area contributed by atoms with Crippen LogP contribution in [-0.2, 0) is 9.59 Å². The second-order valence-corrected chi connectivity index (χ2v) is 7.84. The van der Waals surface area contributed by atoms with Crippen molar-refractivity contribution in [3.8, 4) is 17.2 Å². The molecule has 0 aliphatic carbocycles. The summed E-state index contributed by atoms with van der Waals surface area (Å²) < 4.78 is 10.9. The van der Waals surface area contributed by atoms with Crippen LogP contribution < -0.4 is 14.4 Å². The number of aliphatic hydroxyl groups is 1. The highest BCUT2D eigenvalue weighted by Crippen LogP contribution is 2.43. The van der Waals surface area contributed by atoms with E-state index in [0.29, 0.717) is 34.9 Å². The van der Waals surface area contributed by atoms with E-state index in [1.807, 2.05) is 6.92 Å². The second-order valence-electron chi connectivity index (χ2n) is 7.84. The molecule has 174 valence electrons. The van der Waals surface area contributed by atoms with Crippen molar-refractivity contribution in [3.05, 3.63) is 89.5 Å². The number of methoxy groups -OCH3 is 1. The summed E-state index contributed by atoms with van der Waals surface area (Å²) in [4.78, 5) is 27.7. The zero-order chi connectivity index (χ0) is 24.2. The normalized spacial score (nSPS) is 17.1. The Morgan fingerprint density at radius 2 is 1.71 bits per heavy atom. The molecule has 1 unspecified atom stereocenters. The highest BCUT2D eigenvalue weighted by molar-refractivity contribution is 6.51. The molecule has 3 aromatic carbocycles. The molecular formula is C27H25NO6. The summed E-state index contributed by atoms with van der Waals surface area (Å²) in [5.74, 6) is -0.792. The first-order valence-corrected chi connectivity index (χ1v) is 10.9. The first kappa shape index (κ1) is 22.9. The quantitative estimate of drug-likeness (QED) is 0.299. The van der Waals surface area contributed by atoms with Gasteiger partial charge in [-0.3, -0.25) is 14.5 Å². The van der Waals surface area contributed by atoms with E-state index in [2.05, 4.69) is 0 Å². The molecule has 1 aliphatic heterocycles. The van der Waals surface area contributed by atoms with E-state index in [9.17, 15) is 19.8 Å². The van der Waals surface area contributed by atoms with Gasteiger partial charge in [-0.25, -0.2) is 0 Å². The Bertz CT molecular complexity index is 1250. The third-order valence-corrected chi connectivity index (χ3v) is 5.56. The summed E-state index contributed by atoms with van der Waals surface area (Å²) in [6.07, 6.45) is 0.820. The van der Waals surface area contributed by atoms with Crippen LogP contribution in [0.15, 0.2) is 78.4 Å². The molecule has 1 atom stereocenters. The Hall–Kier alpha value is -4.26. The Balaban J connectivity index is 1.88. The molecule has 0 aromatic heterocycles. The lowest BCUT2D eigenvalue weighted by Crippen LogP contribution is -2.29. The van der Waals surface area contributed by atoms with Crippen molar-refractivity contribution in [1.82, 2.24) is 0 Å². The first-order valence-electron chi connectivity index (χ1n) is 10.9. The van der Waals surface area contributed by atoms with E-state index in [1.54, 1.807) is 60.7 Å². The molecule has 0 radical (unpaired) electrons. The van der Waals surface area contributed by atoms with Crippen molar-refractivity contribution in [2.75, 3.05) is 18.6 Å². The second kappa shape index (κ2) is 9.70. The van der Waals surface area contributed by atoms with Crippen molar-refractivity contribution < 1.29 is 29.3 Å². The van der Waals surface area contributed by atoms with Crippen LogP contribution in [0.2, 0.25) is 0 Å². The number of anilines is 1. The topological polar surface area (TPSA) is 96.3 Å². The van der Waals surface area contributed by atoms with Gasteiger partial charge in [-0.15, -0.1) is 0 Å². The van der Waals surface area contributed by atoms with E-state index >= 15 is 0 Å². The molecule has 4 rings (SSSR count). The van der Waals surface area contributed by atoms with Gasteiger partial charge in [0.25, 0.3) is 11.7 Å². The Morgan fingerprint density at radius 3 is 2.38 bits per heavy atom. The van der Waals surface area contributed by atoms with E-state index in [-0.39, 0.29) is 17.1 Å². The number of hydrogen-bond acceptors (Lipinski definition) is 6. The molecule has 1 amide bonds. The van der Waals surface area contributed by atoms with Crippen LogP contribution in [0.4, 0.5) is 5.69 Å². The van der Waals surface area contributed by atoms with Gasteiger partial charge in [-0.1, -0.05) is 31.2 Å². The van der Waals surface area contributed by atoms with Crippen molar-refractivity contribution >= 4 is 23.1 Å². The van der Waals surface area contributed by atoms with Crippen LogP contribution in [0.3, 0.4) is 0 Å². The molecule has 7 heteroatoms. The number of phenolic OH excluding ortho intramolecular Hbond substituents is 1. The number of benzene rings is 3. The summed E-state index contributed by atoms with van der Waals surface area (Å²) >= 11 is 0. The molecule has 34 heavy (non-hydrogen) atoms. The lowest BCUT2D eigenvalue weighted by molar-refractivity contribution is -0.132. The molecule has 1 heterocycles. The molecule has 1 fully saturated rings. The number of rotatable bonds is 7. The van der Waals surface area contributed by atoms with Gasteiger partial charge in [-0.2, -0.15) is 0 Å². The monoisotopic (exact) mass is 459 g/mol. The van der Waals surface area contributed by atoms with E-state index in [0.717, 1.165) is 6.42 Å². The average molecular weight is 459 g/mol. The zero-order valence-corrected chi connectivity index (χ0v) is 18.9. The number of aromatic hydroxyl groups is 1. The molecule has 2 N–H and O–H groups in total. The maximum Gasteiger partial charge on any atom is 0.300 e. The summed E-state index contributed by atoms with van der Waals surface area (Å²) in [6.45, 7) is 2.50. The minimum absolute atomic E-state index is 0.0206. The molecule has 1 aliphatic rings. The van der Waals surface area contributed by atoms with Crippen LogP contribution in [0.25, 0.3) is 5.76 Å². The summed E-state index contributed by atoms with van der Waals surface area (Å²) in [5, 5.41) is 21.3. The van der Waals surface area contributed by atoms with Gasteiger partial charge in [0.15, 0.2) is 0 Å². The number of carbonyl (C=O) groups excluding carboxylic acids is 2. The van der Waals surface area contributed by atoms with Crippen molar-refractivity contribution in [1.29, 1.82) is 0 Å². The number of Topliss-reactive ketones (excluding diaryl/α,β-unsaturated/α-hetero) is 1. The third-order valence-electron chi connectivity index (χ3n) is 5.56. The Morgan fingerprint density at radius 1 is 0.971 bits per heavy atom. The standard InChI is InChI=1S/C27H25NO6/c1-3-14-34-22-9-5-7-18(16-22)25(30)23-24(17-6-4-8-20(29)15-17)28(27(32)26(23)31)19-10-12-21(33-2)13-11-19/h4-13,15-16,24,29-30H,3,14H2,1-2H3/b25-23-. The number of amides is 1. The van der Waals surface area contributed by atoms with Gasteiger partial charge in [-0.05, 0) is 60.5 Å². The van der Waals surface area contributed by atoms with Gasteiger partial charge >= 0.3 is 0 Å². The number of ether oxygens (including phenoxy) is 2. The molecule has 0 bridgehead atoms. The fourth-order valence-electron chi connectivity index (χ4n) is 3.96. The highest BCUT2D eigenvalue weighted by atomic mass is 16.5. The first-order chi connectivity index (χ1) is 16.4. The predicted octanol–water partition coefficient (Wildman–Crippen LogP) is 4.82. The molecule has 7 nitrogen and oxygen atoms in total. The molecule has 0 saturated carbocycles. The number of aliphatic hydroxyl groups excluding tert-OH is 1. The molecule has 1 saturated heterocycles. The van der Waals surface area contributed by atoms with Gasteiger partial charge in [0, 0.05) is 11.3 Å². The fraction of sp³-hybridized carbons (Fsp3) is 0.185. The van der Waals surface area contributed by atoms with Gasteiger partial charge in [0.2, 0.25) is 0 Å². The molecular weight excluding hydrogens is 434 g/mol. The molecule has 0 spiro atoms. The van der Waals surface area contributed by atoms with Crippen LogP contribution in [0.5, 0.6) is 17.2 Å². The predicted molar refractivity (Wildman–Crippen MR) is 128 cm³/mol.